The Kier molecular flexibility index (Phi) is 3.13. The van der Waals surface area contributed by atoms with Gasteiger partial charge in [-0.05, 0) is 11.5 Å². The van der Waals surface area contributed by atoms with Crippen molar-refractivity contribution < 1.29 is 23.1 Å². The fraction of sp³-hybridized carbons (Fsp3) is 0.0667. The molecule has 0 atom stereocenters. The summed E-state index contributed by atoms with van der Waals surface area (Å²) >= 11 is 0. The predicted octanol–water partition coefficient (Wildman–Crippen LogP) is 3.74. The van der Waals surface area contributed by atoms with E-state index in [0.717, 1.165) is 22.3 Å². The topological polar surface area (TPSA) is 55.1 Å². The van der Waals surface area contributed by atoms with Crippen LogP contribution in [0.3, 0.4) is 0 Å². The fourth-order valence-corrected chi connectivity index (χ4v) is 2.28. The number of hydrogen-bond donors (Lipinski definition) is 1. The average Bonchev–Trinajstić information content (AvgIpc) is 2.92. The molecular weight excluding hydrogens is 297 g/mol. The Hall–Kier alpha value is -2.83. The second-order valence-corrected chi connectivity index (χ2v) is 4.65. The van der Waals surface area contributed by atoms with Crippen LogP contribution >= 0.6 is 0 Å². The average molecular weight is 306 g/mol. The molecule has 2 heterocycles. The molecule has 0 bridgehead atoms. The highest BCUT2D eigenvalue weighted by Gasteiger charge is 2.37. The number of alkyl halides is 3. The Balaban J connectivity index is 2.26. The summed E-state index contributed by atoms with van der Waals surface area (Å²) in [6, 6.07) is 8.77. The number of benzene rings is 1. The second-order valence-electron chi connectivity index (χ2n) is 4.65. The number of fused-ring (bicyclic) bond motifs is 1. The number of nitrogens with zero attached hydrogens (tertiary/aromatic N) is 2. The summed E-state index contributed by atoms with van der Waals surface area (Å²) in [6.45, 7) is 0. The number of aromatic nitrogens is 2. The lowest BCUT2D eigenvalue weighted by Gasteiger charge is -2.06. The van der Waals surface area contributed by atoms with Crippen molar-refractivity contribution in [2.24, 2.45) is 0 Å². The van der Waals surface area contributed by atoms with Gasteiger partial charge in [0.1, 0.15) is 5.82 Å². The molecule has 0 unspecified atom stereocenters. The first kappa shape index (κ1) is 14.1. The minimum atomic E-state index is -4.75. The SMILES string of the molecule is O=C(O)c1cn(-c2nccc3ccccc23)cc1C(F)(F)F. The summed E-state index contributed by atoms with van der Waals surface area (Å²) in [5.74, 6) is -1.39. The van der Waals surface area contributed by atoms with Crippen LogP contribution in [0.2, 0.25) is 0 Å². The number of pyridine rings is 1. The minimum Gasteiger partial charge on any atom is -0.478 e. The monoisotopic (exact) mass is 306 g/mol. The van der Waals surface area contributed by atoms with E-state index in [9.17, 15) is 18.0 Å². The Morgan fingerprint density at radius 3 is 2.50 bits per heavy atom. The molecule has 4 nitrogen and oxygen atoms in total. The molecule has 3 rings (SSSR count). The molecule has 0 spiro atoms. The molecule has 1 aromatic carbocycles. The molecule has 0 aliphatic heterocycles. The van der Waals surface area contributed by atoms with Gasteiger partial charge in [-0.2, -0.15) is 13.2 Å². The van der Waals surface area contributed by atoms with Crippen LogP contribution in [0.25, 0.3) is 16.6 Å². The molecule has 112 valence electrons. The zero-order valence-electron chi connectivity index (χ0n) is 11.0. The lowest BCUT2D eigenvalue weighted by molar-refractivity contribution is -0.138. The van der Waals surface area contributed by atoms with Gasteiger partial charge in [-0.3, -0.25) is 0 Å². The van der Waals surface area contributed by atoms with Crippen LogP contribution < -0.4 is 0 Å². The summed E-state index contributed by atoms with van der Waals surface area (Å²) in [4.78, 5) is 15.1. The van der Waals surface area contributed by atoms with E-state index in [0.29, 0.717) is 5.39 Å². The van der Waals surface area contributed by atoms with Gasteiger partial charge in [0.05, 0.1) is 11.1 Å². The molecule has 0 amide bonds. The normalized spacial score (nSPS) is 11.8. The Labute approximate surface area is 122 Å². The highest BCUT2D eigenvalue weighted by molar-refractivity contribution is 5.91. The number of carbonyl (C=O) groups is 1. The minimum absolute atomic E-state index is 0.246. The number of aromatic carboxylic acids is 1. The van der Waals surface area contributed by atoms with E-state index < -0.39 is 23.3 Å². The molecule has 0 fully saturated rings. The van der Waals surface area contributed by atoms with Crippen LogP contribution in [0.1, 0.15) is 15.9 Å². The third-order valence-corrected chi connectivity index (χ3v) is 3.26. The number of carboxylic acid groups (broad SMARTS) is 1. The molecular formula is C15H9F3N2O2. The third kappa shape index (κ3) is 2.30. The van der Waals surface area contributed by atoms with E-state index >= 15 is 0 Å². The van der Waals surface area contributed by atoms with Crippen molar-refractivity contribution in [1.29, 1.82) is 0 Å². The fourth-order valence-electron chi connectivity index (χ4n) is 2.28. The van der Waals surface area contributed by atoms with E-state index in [1.807, 2.05) is 0 Å². The highest BCUT2D eigenvalue weighted by atomic mass is 19.4. The maximum atomic E-state index is 13.0. The summed E-state index contributed by atoms with van der Waals surface area (Å²) in [6.07, 6.45) is -1.60. The zero-order valence-corrected chi connectivity index (χ0v) is 11.0. The Morgan fingerprint density at radius 2 is 1.86 bits per heavy atom. The maximum Gasteiger partial charge on any atom is 0.418 e. The van der Waals surface area contributed by atoms with Gasteiger partial charge in [0, 0.05) is 24.0 Å². The molecule has 2 aromatic heterocycles. The van der Waals surface area contributed by atoms with Gasteiger partial charge in [-0.25, -0.2) is 9.78 Å². The van der Waals surface area contributed by atoms with Gasteiger partial charge in [0.2, 0.25) is 0 Å². The second kappa shape index (κ2) is 4.87. The Bertz CT molecular complexity index is 863. The smallest absolute Gasteiger partial charge is 0.418 e. The quantitative estimate of drug-likeness (QED) is 0.784. The van der Waals surface area contributed by atoms with Crippen LogP contribution in [0.5, 0.6) is 0 Å². The van der Waals surface area contributed by atoms with Crippen molar-refractivity contribution >= 4 is 16.7 Å². The summed E-state index contributed by atoms with van der Waals surface area (Å²) < 4.78 is 40.0. The van der Waals surface area contributed by atoms with Crippen LogP contribution in [0, 0.1) is 0 Å². The van der Waals surface area contributed by atoms with Crippen molar-refractivity contribution in [3.05, 3.63) is 60.0 Å². The molecule has 3 aromatic rings. The van der Waals surface area contributed by atoms with E-state index in [-0.39, 0.29) is 5.82 Å². The van der Waals surface area contributed by atoms with Gasteiger partial charge in [0.15, 0.2) is 0 Å². The van der Waals surface area contributed by atoms with Gasteiger partial charge in [0.25, 0.3) is 0 Å². The largest absolute Gasteiger partial charge is 0.478 e. The molecule has 0 saturated heterocycles. The molecule has 1 N–H and O–H groups in total. The molecule has 0 saturated carbocycles. The molecule has 0 radical (unpaired) electrons. The van der Waals surface area contributed by atoms with Gasteiger partial charge < -0.3 is 9.67 Å². The Morgan fingerprint density at radius 1 is 1.14 bits per heavy atom. The van der Waals surface area contributed by atoms with E-state index in [4.69, 9.17) is 5.11 Å². The van der Waals surface area contributed by atoms with E-state index in [2.05, 4.69) is 4.98 Å². The van der Waals surface area contributed by atoms with E-state index in [1.54, 1.807) is 30.3 Å². The number of hydrogen-bond acceptors (Lipinski definition) is 2. The number of rotatable bonds is 2. The van der Waals surface area contributed by atoms with Crippen LogP contribution in [0.15, 0.2) is 48.9 Å². The third-order valence-electron chi connectivity index (χ3n) is 3.26. The van der Waals surface area contributed by atoms with E-state index in [1.165, 1.54) is 6.20 Å². The first-order chi connectivity index (χ1) is 10.4. The zero-order chi connectivity index (χ0) is 15.9. The summed E-state index contributed by atoms with van der Waals surface area (Å²) in [7, 11) is 0. The van der Waals surface area contributed by atoms with Crippen LogP contribution in [0.4, 0.5) is 13.2 Å². The van der Waals surface area contributed by atoms with Crippen molar-refractivity contribution in [2.45, 2.75) is 6.18 Å². The lowest BCUT2D eigenvalue weighted by atomic mass is 10.1. The van der Waals surface area contributed by atoms with Gasteiger partial charge in [-0.1, -0.05) is 24.3 Å². The number of halogens is 3. The predicted molar refractivity (Wildman–Crippen MR) is 73.0 cm³/mol. The van der Waals surface area contributed by atoms with Crippen molar-refractivity contribution in [3.63, 3.8) is 0 Å². The van der Waals surface area contributed by atoms with Gasteiger partial charge in [-0.15, -0.1) is 0 Å². The molecule has 22 heavy (non-hydrogen) atoms. The first-order valence-corrected chi connectivity index (χ1v) is 6.24. The van der Waals surface area contributed by atoms with Crippen LogP contribution in [-0.2, 0) is 6.18 Å². The van der Waals surface area contributed by atoms with Crippen molar-refractivity contribution in [1.82, 2.24) is 9.55 Å². The molecule has 7 heteroatoms. The molecule has 0 aliphatic carbocycles. The lowest BCUT2D eigenvalue weighted by Crippen LogP contribution is -2.09. The van der Waals surface area contributed by atoms with Crippen LogP contribution in [-0.4, -0.2) is 20.6 Å². The standard InChI is InChI=1S/C15H9F3N2O2/c16-15(17,18)12-8-20(7-11(12)14(21)22)13-10-4-2-1-3-9(10)5-6-19-13/h1-8H,(H,21,22). The first-order valence-electron chi connectivity index (χ1n) is 6.24. The van der Waals surface area contributed by atoms with Crippen molar-refractivity contribution in [3.8, 4) is 5.82 Å². The highest BCUT2D eigenvalue weighted by Crippen LogP contribution is 2.34. The summed E-state index contributed by atoms with van der Waals surface area (Å²) in [5, 5.41) is 10.4. The maximum absolute atomic E-state index is 13.0. The summed E-state index contributed by atoms with van der Waals surface area (Å²) in [5.41, 5.74) is -2.00. The van der Waals surface area contributed by atoms with Crippen molar-refractivity contribution in [2.75, 3.05) is 0 Å². The molecule has 0 aliphatic rings. The number of carboxylic acids is 1. The van der Waals surface area contributed by atoms with Gasteiger partial charge >= 0.3 is 12.1 Å².